The third-order valence-corrected chi connectivity index (χ3v) is 3.91. The standard InChI is InChI=1S/C16H17BrClN/c1-3-15(12-5-4-6-14(18)10-12)19-16-8-7-13(17)9-11(16)2/h4-10,15,19H,3H2,1-2H3. The molecule has 1 nitrogen and oxygen atoms in total. The van der Waals surface area contributed by atoms with Crippen molar-refractivity contribution < 1.29 is 0 Å². The van der Waals surface area contributed by atoms with Crippen LogP contribution in [0.2, 0.25) is 5.02 Å². The molecule has 0 aliphatic carbocycles. The van der Waals surface area contributed by atoms with Gasteiger partial charge in [-0.1, -0.05) is 46.6 Å². The fraction of sp³-hybridized carbons (Fsp3) is 0.250. The van der Waals surface area contributed by atoms with Gasteiger partial charge in [-0.25, -0.2) is 0 Å². The second-order valence-corrected chi connectivity index (χ2v) is 5.97. The lowest BCUT2D eigenvalue weighted by Crippen LogP contribution is -2.10. The molecule has 0 saturated carbocycles. The normalized spacial score (nSPS) is 12.2. The van der Waals surface area contributed by atoms with E-state index in [-0.39, 0.29) is 6.04 Å². The van der Waals surface area contributed by atoms with E-state index >= 15 is 0 Å². The molecule has 100 valence electrons. The monoisotopic (exact) mass is 337 g/mol. The minimum Gasteiger partial charge on any atom is -0.378 e. The Morgan fingerprint density at radius 2 is 2.00 bits per heavy atom. The van der Waals surface area contributed by atoms with E-state index in [0.29, 0.717) is 0 Å². The Labute approximate surface area is 128 Å². The van der Waals surface area contributed by atoms with Crippen LogP contribution >= 0.6 is 27.5 Å². The van der Waals surface area contributed by atoms with E-state index in [0.717, 1.165) is 21.6 Å². The lowest BCUT2D eigenvalue weighted by atomic mass is 10.0. The quantitative estimate of drug-likeness (QED) is 0.723. The summed E-state index contributed by atoms with van der Waals surface area (Å²) in [6.45, 7) is 4.28. The molecular formula is C16H17BrClN. The maximum Gasteiger partial charge on any atom is 0.0511 e. The van der Waals surface area contributed by atoms with Gasteiger partial charge >= 0.3 is 0 Å². The molecule has 0 bridgehead atoms. The largest absolute Gasteiger partial charge is 0.378 e. The van der Waals surface area contributed by atoms with Crippen molar-refractivity contribution in [3.63, 3.8) is 0 Å². The summed E-state index contributed by atoms with van der Waals surface area (Å²) < 4.78 is 1.10. The SMILES string of the molecule is CCC(Nc1ccc(Br)cc1C)c1cccc(Cl)c1. The molecule has 0 heterocycles. The number of benzene rings is 2. The summed E-state index contributed by atoms with van der Waals surface area (Å²) in [4.78, 5) is 0. The van der Waals surface area contributed by atoms with Crippen LogP contribution in [0.4, 0.5) is 5.69 Å². The highest BCUT2D eigenvalue weighted by atomic mass is 79.9. The molecule has 0 amide bonds. The second kappa shape index (κ2) is 6.44. The molecule has 1 N–H and O–H groups in total. The van der Waals surface area contributed by atoms with Crippen LogP contribution in [0.5, 0.6) is 0 Å². The van der Waals surface area contributed by atoms with Crippen molar-refractivity contribution in [2.24, 2.45) is 0 Å². The molecule has 0 aliphatic heterocycles. The number of halogens is 2. The lowest BCUT2D eigenvalue weighted by Gasteiger charge is -2.20. The maximum atomic E-state index is 6.07. The molecule has 3 heteroatoms. The van der Waals surface area contributed by atoms with Crippen LogP contribution in [0.25, 0.3) is 0 Å². The van der Waals surface area contributed by atoms with E-state index in [4.69, 9.17) is 11.6 Å². The first-order valence-electron chi connectivity index (χ1n) is 6.38. The van der Waals surface area contributed by atoms with Crippen molar-refractivity contribution >= 4 is 33.2 Å². The number of rotatable bonds is 4. The topological polar surface area (TPSA) is 12.0 Å². The first kappa shape index (κ1) is 14.4. The highest BCUT2D eigenvalue weighted by Crippen LogP contribution is 2.27. The molecule has 1 unspecified atom stereocenters. The van der Waals surface area contributed by atoms with E-state index < -0.39 is 0 Å². The van der Waals surface area contributed by atoms with Crippen molar-refractivity contribution in [3.8, 4) is 0 Å². The molecule has 0 fully saturated rings. The van der Waals surface area contributed by atoms with Crippen molar-refractivity contribution in [2.45, 2.75) is 26.3 Å². The summed E-state index contributed by atoms with van der Waals surface area (Å²) in [6, 6.07) is 14.6. The Balaban J connectivity index is 2.24. The van der Waals surface area contributed by atoms with Crippen LogP contribution in [-0.4, -0.2) is 0 Å². The number of anilines is 1. The van der Waals surface area contributed by atoms with Gasteiger partial charge in [0.25, 0.3) is 0 Å². The van der Waals surface area contributed by atoms with Crippen LogP contribution in [0, 0.1) is 6.92 Å². The predicted octanol–water partition coefficient (Wildman–Crippen LogP) is 5.97. The van der Waals surface area contributed by atoms with E-state index in [1.807, 2.05) is 18.2 Å². The highest BCUT2D eigenvalue weighted by molar-refractivity contribution is 9.10. The zero-order valence-corrected chi connectivity index (χ0v) is 13.4. The lowest BCUT2D eigenvalue weighted by molar-refractivity contribution is 0.748. The van der Waals surface area contributed by atoms with Gasteiger partial charge in [-0.3, -0.25) is 0 Å². The summed E-state index contributed by atoms with van der Waals surface area (Å²) in [6.07, 6.45) is 1.01. The van der Waals surface area contributed by atoms with Crippen molar-refractivity contribution in [1.29, 1.82) is 0 Å². The van der Waals surface area contributed by atoms with Gasteiger partial charge in [-0.15, -0.1) is 0 Å². The van der Waals surface area contributed by atoms with E-state index in [2.05, 4.69) is 59.4 Å². The van der Waals surface area contributed by atoms with Crippen LogP contribution < -0.4 is 5.32 Å². The molecule has 19 heavy (non-hydrogen) atoms. The Bertz CT molecular complexity index is 568. The minimum absolute atomic E-state index is 0.276. The van der Waals surface area contributed by atoms with E-state index in [1.54, 1.807) is 0 Å². The summed E-state index contributed by atoms with van der Waals surface area (Å²) in [5, 5.41) is 4.37. The van der Waals surface area contributed by atoms with Gasteiger partial charge < -0.3 is 5.32 Å². The molecule has 0 saturated heterocycles. The molecule has 2 rings (SSSR count). The summed E-state index contributed by atoms with van der Waals surface area (Å²) in [7, 11) is 0. The fourth-order valence-electron chi connectivity index (χ4n) is 2.12. The Morgan fingerprint density at radius 1 is 1.21 bits per heavy atom. The Hall–Kier alpha value is -0.990. The van der Waals surface area contributed by atoms with Crippen LogP contribution in [-0.2, 0) is 0 Å². The van der Waals surface area contributed by atoms with Crippen LogP contribution in [0.3, 0.4) is 0 Å². The molecule has 2 aromatic carbocycles. The molecule has 2 aromatic rings. The number of hydrogen-bond acceptors (Lipinski definition) is 1. The van der Waals surface area contributed by atoms with Crippen LogP contribution in [0.15, 0.2) is 46.9 Å². The van der Waals surface area contributed by atoms with Crippen LogP contribution in [0.1, 0.15) is 30.5 Å². The van der Waals surface area contributed by atoms with Gasteiger partial charge in [0, 0.05) is 15.2 Å². The smallest absolute Gasteiger partial charge is 0.0511 e. The van der Waals surface area contributed by atoms with Gasteiger partial charge in [0.2, 0.25) is 0 Å². The van der Waals surface area contributed by atoms with E-state index in [1.165, 1.54) is 11.1 Å². The van der Waals surface area contributed by atoms with Crippen molar-refractivity contribution in [3.05, 3.63) is 63.1 Å². The molecule has 0 aromatic heterocycles. The third kappa shape index (κ3) is 3.74. The predicted molar refractivity (Wildman–Crippen MR) is 87.0 cm³/mol. The summed E-state index contributed by atoms with van der Waals surface area (Å²) in [5.41, 5.74) is 3.61. The molecule has 0 aliphatic rings. The molecule has 0 radical (unpaired) electrons. The maximum absolute atomic E-state index is 6.07. The van der Waals surface area contributed by atoms with E-state index in [9.17, 15) is 0 Å². The zero-order valence-electron chi connectivity index (χ0n) is 11.1. The van der Waals surface area contributed by atoms with Gasteiger partial charge in [0.05, 0.1) is 6.04 Å². The number of nitrogens with one attached hydrogen (secondary N) is 1. The van der Waals surface area contributed by atoms with Gasteiger partial charge in [-0.05, 0) is 54.8 Å². The average molecular weight is 339 g/mol. The Kier molecular flexibility index (Phi) is 4.89. The highest BCUT2D eigenvalue weighted by Gasteiger charge is 2.10. The molecule has 1 atom stereocenters. The first-order chi connectivity index (χ1) is 9.10. The fourth-order valence-corrected chi connectivity index (χ4v) is 2.80. The van der Waals surface area contributed by atoms with Gasteiger partial charge in [0.15, 0.2) is 0 Å². The van der Waals surface area contributed by atoms with Crippen molar-refractivity contribution in [2.75, 3.05) is 5.32 Å². The summed E-state index contributed by atoms with van der Waals surface area (Å²) >= 11 is 9.56. The Morgan fingerprint density at radius 3 is 2.63 bits per heavy atom. The number of hydrogen-bond donors (Lipinski definition) is 1. The number of aryl methyl sites for hydroxylation is 1. The minimum atomic E-state index is 0.276. The molecule has 0 spiro atoms. The zero-order chi connectivity index (χ0) is 13.8. The first-order valence-corrected chi connectivity index (χ1v) is 7.55. The molecular weight excluding hydrogens is 322 g/mol. The van der Waals surface area contributed by atoms with Gasteiger partial charge in [0.1, 0.15) is 0 Å². The second-order valence-electron chi connectivity index (χ2n) is 4.62. The van der Waals surface area contributed by atoms with Gasteiger partial charge in [-0.2, -0.15) is 0 Å². The van der Waals surface area contributed by atoms with Crippen molar-refractivity contribution in [1.82, 2.24) is 0 Å². The summed E-state index contributed by atoms with van der Waals surface area (Å²) in [5.74, 6) is 0. The average Bonchev–Trinajstić information content (AvgIpc) is 2.38. The third-order valence-electron chi connectivity index (χ3n) is 3.18.